The highest BCUT2D eigenvalue weighted by atomic mass is 16.2. The van der Waals surface area contributed by atoms with Gasteiger partial charge in [-0.2, -0.15) is 0 Å². The van der Waals surface area contributed by atoms with Crippen LogP contribution >= 0.6 is 0 Å². The maximum atomic E-state index is 13.3. The number of nitrogens with one attached hydrogen (secondary N) is 3. The molecule has 3 heterocycles. The molecule has 176 valence electrons. The number of nitrogens with zero attached hydrogens (tertiary/aromatic N) is 1. The lowest BCUT2D eigenvalue weighted by atomic mass is 9.73. The molecule has 3 aliphatic rings. The van der Waals surface area contributed by atoms with Gasteiger partial charge in [-0.3, -0.25) is 29.4 Å². The van der Waals surface area contributed by atoms with E-state index in [2.05, 4.69) is 40.2 Å². The number of carbonyl (C=O) groups excluding carboxylic acids is 4. The fraction of sp³-hybridized carbons (Fsp3) is 0.385. The van der Waals surface area contributed by atoms with Crippen LogP contribution in [-0.4, -0.2) is 54.2 Å². The molecule has 2 aromatic carbocycles. The zero-order chi connectivity index (χ0) is 23.7. The fourth-order valence-corrected chi connectivity index (χ4v) is 5.43. The Balaban J connectivity index is 1.35. The van der Waals surface area contributed by atoms with Crippen molar-refractivity contribution in [2.24, 2.45) is 0 Å². The van der Waals surface area contributed by atoms with E-state index < -0.39 is 23.8 Å². The van der Waals surface area contributed by atoms with E-state index in [1.54, 1.807) is 12.1 Å². The van der Waals surface area contributed by atoms with E-state index in [9.17, 15) is 19.2 Å². The van der Waals surface area contributed by atoms with Gasteiger partial charge in [0.25, 0.3) is 11.8 Å². The lowest BCUT2D eigenvalue weighted by Gasteiger charge is -2.38. The second-order valence-corrected chi connectivity index (χ2v) is 9.29. The van der Waals surface area contributed by atoms with Gasteiger partial charge in [-0.05, 0) is 49.5 Å². The van der Waals surface area contributed by atoms with Gasteiger partial charge in [-0.1, -0.05) is 42.5 Å². The third-order valence-corrected chi connectivity index (χ3v) is 7.28. The number of piperidine rings is 2. The van der Waals surface area contributed by atoms with Crippen LogP contribution in [0.2, 0.25) is 0 Å². The van der Waals surface area contributed by atoms with Gasteiger partial charge in [0.2, 0.25) is 11.8 Å². The van der Waals surface area contributed by atoms with Gasteiger partial charge < -0.3 is 10.6 Å². The second kappa shape index (κ2) is 9.12. The molecule has 2 saturated heterocycles. The summed E-state index contributed by atoms with van der Waals surface area (Å²) in [5, 5.41) is 9.22. The Morgan fingerprint density at radius 3 is 2.44 bits per heavy atom. The Labute approximate surface area is 198 Å². The fourth-order valence-electron chi connectivity index (χ4n) is 5.43. The number of hydrogen-bond acceptors (Lipinski definition) is 6. The molecule has 3 N–H and O–H groups in total. The largest absolute Gasteiger partial charge is 0.317 e. The van der Waals surface area contributed by atoms with Crippen molar-refractivity contribution in [3.05, 3.63) is 70.8 Å². The molecule has 1 unspecified atom stereocenters. The summed E-state index contributed by atoms with van der Waals surface area (Å²) in [5.74, 6) is -1.92. The van der Waals surface area contributed by atoms with Crippen LogP contribution in [0, 0.1) is 0 Å². The van der Waals surface area contributed by atoms with Crippen molar-refractivity contribution in [3.63, 3.8) is 0 Å². The van der Waals surface area contributed by atoms with Crippen molar-refractivity contribution < 1.29 is 19.2 Å². The zero-order valence-corrected chi connectivity index (χ0v) is 18.9. The summed E-state index contributed by atoms with van der Waals surface area (Å²) >= 11 is 0. The van der Waals surface area contributed by atoms with E-state index in [1.165, 1.54) is 5.56 Å². The first-order chi connectivity index (χ1) is 16.5. The molecule has 2 fully saturated rings. The highest BCUT2D eigenvalue weighted by Crippen LogP contribution is 2.34. The van der Waals surface area contributed by atoms with Crippen molar-refractivity contribution in [2.45, 2.75) is 43.7 Å². The third kappa shape index (κ3) is 3.93. The molecule has 8 nitrogen and oxygen atoms in total. The van der Waals surface area contributed by atoms with E-state index in [-0.39, 0.29) is 24.2 Å². The molecule has 0 saturated carbocycles. The summed E-state index contributed by atoms with van der Waals surface area (Å²) in [5.41, 5.74) is 2.71. The Morgan fingerprint density at radius 2 is 1.71 bits per heavy atom. The van der Waals surface area contributed by atoms with Crippen molar-refractivity contribution in [3.8, 4) is 0 Å². The summed E-state index contributed by atoms with van der Waals surface area (Å²) < 4.78 is 0. The molecule has 2 aromatic rings. The van der Waals surface area contributed by atoms with Crippen molar-refractivity contribution in [1.29, 1.82) is 0 Å². The number of carbonyl (C=O) groups is 4. The number of fused-ring (bicyclic) bond motifs is 1. The van der Waals surface area contributed by atoms with Crippen LogP contribution in [0.15, 0.2) is 48.5 Å². The molecule has 0 aliphatic carbocycles. The van der Waals surface area contributed by atoms with Gasteiger partial charge in [0.15, 0.2) is 0 Å². The summed E-state index contributed by atoms with van der Waals surface area (Å²) in [6, 6.07) is 14.8. The minimum absolute atomic E-state index is 0.00303. The predicted molar refractivity (Wildman–Crippen MR) is 125 cm³/mol. The van der Waals surface area contributed by atoms with Crippen LogP contribution in [0.1, 0.15) is 57.5 Å². The highest BCUT2D eigenvalue weighted by Gasteiger charge is 2.45. The molecule has 0 bridgehead atoms. The van der Waals surface area contributed by atoms with Crippen LogP contribution < -0.4 is 16.0 Å². The minimum atomic E-state index is -0.956. The number of imide groups is 2. The first-order valence-corrected chi connectivity index (χ1v) is 11.8. The average molecular weight is 461 g/mol. The lowest BCUT2D eigenvalue weighted by Crippen LogP contribution is -2.54. The Kier molecular flexibility index (Phi) is 6.02. The maximum absolute atomic E-state index is 13.3. The number of amides is 4. The lowest BCUT2D eigenvalue weighted by molar-refractivity contribution is -0.136. The molecular formula is C26H28N4O4. The van der Waals surface area contributed by atoms with Crippen LogP contribution in [0.4, 0.5) is 0 Å². The van der Waals surface area contributed by atoms with Gasteiger partial charge in [0, 0.05) is 24.9 Å². The van der Waals surface area contributed by atoms with E-state index in [0.29, 0.717) is 17.7 Å². The number of hydrogen-bond donors (Lipinski definition) is 3. The number of rotatable bonds is 6. The van der Waals surface area contributed by atoms with Gasteiger partial charge in [-0.25, -0.2) is 0 Å². The molecule has 8 heteroatoms. The Hall–Kier alpha value is -3.36. The van der Waals surface area contributed by atoms with Gasteiger partial charge >= 0.3 is 0 Å². The molecule has 1 atom stereocenters. The topological polar surface area (TPSA) is 108 Å². The maximum Gasteiger partial charge on any atom is 0.262 e. The minimum Gasteiger partial charge on any atom is -0.317 e. The SMILES string of the molecule is O=C1CCC(N2C(=O)c3cccc(CNCC4(c5ccccc5)CCNCC4)c3C2=O)C(=O)N1. The zero-order valence-electron chi connectivity index (χ0n) is 18.9. The Morgan fingerprint density at radius 1 is 0.941 bits per heavy atom. The monoisotopic (exact) mass is 460 g/mol. The van der Waals surface area contributed by atoms with E-state index in [4.69, 9.17) is 0 Å². The summed E-state index contributed by atoms with van der Waals surface area (Å²) in [7, 11) is 0. The van der Waals surface area contributed by atoms with Crippen molar-refractivity contribution >= 4 is 23.6 Å². The molecule has 0 radical (unpaired) electrons. The first kappa shape index (κ1) is 22.4. The van der Waals surface area contributed by atoms with Crippen LogP contribution in [-0.2, 0) is 21.5 Å². The van der Waals surface area contributed by atoms with E-state index in [1.807, 2.05) is 12.1 Å². The van der Waals surface area contributed by atoms with E-state index >= 15 is 0 Å². The van der Waals surface area contributed by atoms with Crippen LogP contribution in [0.3, 0.4) is 0 Å². The predicted octanol–water partition coefficient (Wildman–Crippen LogP) is 1.50. The summed E-state index contributed by atoms with van der Waals surface area (Å²) in [6.45, 7) is 3.09. The first-order valence-electron chi connectivity index (χ1n) is 11.8. The molecule has 0 aromatic heterocycles. The van der Waals surface area contributed by atoms with Crippen molar-refractivity contribution in [1.82, 2.24) is 20.9 Å². The molecule has 4 amide bonds. The molecular weight excluding hydrogens is 432 g/mol. The molecule has 3 aliphatic heterocycles. The standard InChI is InChI=1S/C26H28N4O4/c31-21-10-9-20(23(32)29-21)30-24(33)19-8-4-5-17(22(19)25(30)34)15-28-16-26(11-13-27-14-12-26)18-6-2-1-3-7-18/h1-8,20,27-28H,9-16H2,(H,29,31,32). The molecule has 5 rings (SSSR count). The third-order valence-electron chi connectivity index (χ3n) is 7.28. The van der Waals surface area contributed by atoms with Crippen molar-refractivity contribution in [2.75, 3.05) is 19.6 Å². The molecule has 34 heavy (non-hydrogen) atoms. The van der Waals surface area contributed by atoms with Gasteiger partial charge in [-0.15, -0.1) is 0 Å². The quantitative estimate of drug-likeness (QED) is 0.564. The second-order valence-electron chi connectivity index (χ2n) is 9.29. The van der Waals surface area contributed by atoms with Gasteiger partial charge in [0.05, 0.1) is 11.1 Å². The Bertz CT molecular complexity index is 1140. The summed E-state index contributed by atoms with van der Waals surface area (Å²) in [6.07, 6.45) is 2.28. The summed E-state index contributed by atoms with van der Waals surface area (Å²) in [4.78, 5) is 51.2. The van der Waals surface area contributed by atoms with Crippen LogP contribution in [0.5, 0.6) is 0 Å². The highest BCUT2D eigenvalue weighted by molar-refractivity contribution is 6.24. The average Bonchev–Trinajstić information content (AvgIpc) is 3.11. The number of benzene rings is 2. The van der Waals surface area contributed by atoms with Gasteiger partial charge in [0.1, 0.15) is 6.04 Å². The molecule has 0 spiro atoms. The van der Waals surface area contributed by atoms with E-state index in [0.717, 1.165) is 42.9 Å². The van der Waals surface area contributed by atoms with Crippen LogP contribution in [0.25, 0.3) is 0 Å². The smallest absolute Gasteiger partial charge is 0.262 e. The normalized spacial score (nSPS) is 22.0.